The molecule has 2 fully saturated rings. The molecule has 0 aromatic heterocycles. The minimum absolute atomic E-state index is 0.0230. The fourth-order valence-electron chi connectivity index (χ4n) is 5.50. The third kappa shape index (κ3) is 4.60. The summed E-state index contributed by atoms with van der Waals surface area (Å²) < 4.78 is 14.2. The molecule has 2 unspecified atom stereocenters. The Kier molecular flexibility index (Phi) is 6.06. The van der Waals surface area contributed by atoms with Crippen molar-refractivity contribution in [2.45, 2.75) is 57.7 Å². The van der Waals surface area contributed by atoms with E-state index in [1.165, 1.54) is 29.1 Å². The Morgan fingerprint density at radius 3 is 2.76 bits per heavy atom. The van der Waals surface area contributed by atoms with E-state index in [1.807, 2.05) is 6.07 Å². The number of hydrogen-bond donors (Lipinski definition) is 2. The molecule has 6 nitrogen and oxygen atoms in total. The number of amides is 2. The number of rotatable bonds is 5. The second-order valence-electron chi connectivity index (χ2n) is 9.61. The van der Waals surface area contributed by atoms with E-state index in [0.29, 0.717) is 13.1 Å². The van der Waals surface area contributed by atoms with Crippen molar-refractivity contribution in [3.8, 4) is 0 Å². The molecule has 2 atom stereocenters. The lowest BCUT2D eigenvalue weighted by atomic mass is 9.87. The van der Waals surface area contributed by atoms with Crippen molar-refractivity contribution >= 4 is 17.5 Å². The van der Waals surface area contributed by atoms with Gasteiger partial charge >= 0.3 is 0 Å². The first-order chi connectivity index (χ1) is 16.0. The molecule has 7 heteroatoms. The van der Waals surface area contributed by atoms with Crippen molar-refractivity contribution in [1.82, 2.24) is 15.8 Å². The minimum Gasteiger partial charge on any atom is -0.366 e. The van der Waals surface area contributed by atoms with Crippen molar-refractivity contribution in [3.05, 3.63) is 65.0 Å². The highest BCUT2D eigenvalue weighted by Gasteiger charge is 2.46. The number of fused-ring (bicyclic) bond motifs is 3. The van der Waals surface area contributed by atoms with Crippen LogP contribution in [0.2, 0.25) is 0 Å². The van der Waals surface area contributed by atoms with Crippen molar-refractivity contribution in [3.63, 3.8) is 0 Å². The zero-order valence-corrected chi connectivity index (χ0v) is 19.0. The first-order valence-electron chi connectivity index (χ1n) is 11.9. The Hall–Kier alpha value is -2.93. The molecule has 2 aromatic carbocycles. The molecule has 1 saturated heterocycles. The predicted molar refractivity (Wildman–Crippen MR) is 125 cm³/mol. The minimum atomic E-state index is -0.369. The normalized spacial score (nSPS) is 22.8. The Balaban J connectivity index is 1.34. The van der Waals surface area contributed by atoms with Gasteiger partial charge in [-0.2, -0.15) is 0 Å². The fraction of sp³-hybridized carbons (Fsp3) is 0.462. The highest BCUT2D eigenvalue weighted by Crippen LogP contribution is 2.42. The van der Waals surface area contributed by atoms with E-state index in [0.717, 1.165) is 42.5 Å². The third-order valence-electron chi connectivity index (χ3n) is 7.09. The average Bonchev–Trinajstić information content (AvgIpc) is 3.10. The van der Waals surface area contributed by atoms with Gasteiger partial charge in [0.25, 0.3) is 0 Å². The molecule has 1 aliphatic carbocycles. The lowest BCUT2D eigenvalue weighted by Gasteiger charge is -2.36. The van der Waals surface area contributed by atoms with Crippen LogP contribution in [0.25, 0.3) is 0 Å². The zero-order chi connectivity index (χ0) is 22.9. The molecule has 1 saturated carbocycles. The molecular formula is C26H31FN4O2. The van der Waals surface area contributed by atoms with Crippen LogP contribution in [0.15, 0.2) is 42.5 Å². The van der Waals surface area contributed by atoms with Crippen molar-refractivity contribution in [2.24, 2.45) is 5.92 Å². The molecule has 2 N–H and O–H groups in total. The molecule has 2 aliphatic heterocycles. The van der Waals surface area contributed by atoms with Crippen LogP contribution in [0.4, 0.5) is 10.1 Å². The number of anilines is 1. The van der Waals surface area contributed by atoms with Gasteiger partial charge in [-0.3, -0.25) is 14.6 Å². The summed E-state index contributed by atoms with van der Waals surface area (Å²) in [5.74, 6) is -0.945. The molecule has 2 amide bonds. The molecule has 3 aliphatic rings. The van der Waals surface area contributed by atoms with Gasteiger partial charge in [0.15, 0.2) is 0 Å². The quantitative estimate of drug-likeness (QED) is 0.731. The fourth-order valence-corrected chi connectivity index (χ4v) is 5.50. The van der Waals surface area contributed by atoms with E-state index in [9.17, 15) is 14.0 Å². The van der Waals surface area contributed by atoms with Crippen LogP contribution in [0.3, 0.4) is 0 Å². The smallest absolute Gasteiger partial charge is 0.244 e. The number of nitrogens with one attached hydrogen (secondary N) is 2. The van der Waals surface area contributed by atoms with Gasteiger partial charge < -0.3 is 10.2 Å². The van der Waals surface area contributed by atoms with E-state index < -0.39 is 0 Å². The van der Waals surface area contributed by atoms with Crippen LogP contribution in [-0.2, 0) is 16.1 Å². The van der Waals surface area contributed by atoms with E-state index in [4.69, 9.17) is 0 Å². The zero-order valence-electron chi connectivity index (χ0n) is 19.0. The van der Waals surface area contributed by atoms with E-state index in [-0.39, 0.29) is 42.2 Å². The van der Waals surface area contributed by atoms with E-state index in [2.05, 4.69) is 40.8 Å². The highest BCUT2D eigenvalue weighted by molar-refractivity contribution is 5.89. The second-order valence-corrected chi connectivity index (χ2v) is 9.61. The first-order valence-corrected chi connectivity index (χ1v) is 11.9. The standard InChI is InChI=1S/C26H31FN4O2/c1-17-6-5-7-18(12-17)14-30-15-22-25(21-13-19(27)10-11-23(21)30)29-31(26(22)33)16-24(32)28-20-8-3-2-4-9-20/h5-7,10-13,20,22,25,29H,2-4,8-9,14-16H2,1H3,(H,28,32). The lowest BCUT2D eigenvalue weighted by Crippen LogP contribution is -2.46. The molecule has 0 bridgehead atoms. The summed E-state index contributed by atoms with van der Waals surface area (Å²) in [6.07, 6.45) is 5.49. The van der Waals surface area contributed by atoms with Crippen LogP contribution < -0.4 is 15.6 Å². The topological polar surface area (TPSA) is 64.7 Å². The summed E-state index contributed by atoms with van der Waals surface area (Å²) in [4.78, 5) is 28.1. The summed E-state index contributed by atoms with van der Waals surface area (Å²) in [5, 5.41) is 4.51. The number of hydrazine groups is 1. The number of benzene rings is 2. The van der Waals surface area contributed by atoms with Crippen molar-refractivity contribution in [1.29, 1.82) is 0 Å². The Bertz CT molecular complexity index is 1050. The maximum atomic E-state index is 14.2. The summed E-state index contributed by atoms with van der Waals surface area (Å²) >= 11 is 0. The van der Waals surface area contributed by atoms with Crippen molar-refractivity contribution < 1.29 is 14.0 Å². The Morgan fingerprint density at radius 2 is 1.97 bits per heavy atom. The monoisotopic (exact) mass is 450 g/mol. The maximum absolute atomic E-state index is 14.2. The number of hydrogen-bond acceptors (Lipinski definition) is 4. The van der Waals surface area contributed by atoms with Crippen LogP contribution in [0.5, 0.6) is 0 Å². The Labute approximate surface area is 194 Å². The molecule has 174 valence electrons. The van der Waals surface area contributed by atoms with Crippen LogP contribution >= 0.6 is 0 Å². The molecule has 0 radical (unpaired) electrons. The van der Waals surface area contributed by atoms with Gasteiger partial charge in [-0.05, 0) is 49.1 Å². The molecule has 2 aromatic rings. The van der Waals surface area contributed by atoms with Gasteiger partial charge in [0.1, 0.15) is 12.4 Å². The summed E-state index contributed by atoms with van der Waals surface area (Å²) in [7, 11) is 0. The number of nitrogens with zero attached hydrogens (tertiary/aromatic N) is 2. The maximum Gasteiger partial charge on any atom is 0.244 e. The predicted octanol–water partition coefficient (Wildman–Crippen LogP) is 3.61. The third-order valence-corrected chi connectivity index (χ3v) is 7.09. The van der Waals surface area contributed by atoms with E-state index in [1.54, 1.807) is 6.07 Å². The highest BCUT2D eigenvalue weighted by atomic mass is 19.1. The van der Waals surface area contributed by atoms with Crippen LogP contribution in [0.1, 0.15) is 54.8 Å². The molecule has 5 rings (SSSR count). The largest absolute Gasteiger partial charge is 0.366 e. The molecule has 2 heterocycles. The van der Waals surface area contributed by atoms with Gasteiger partial charge in [0, 0.05) is 24.8 Å². The molecular weight excluding hydrogens is 419 g/mol. The number of carbonyl (C=O) groups is 2. The SMILES string of the molecule is Cc1cccc(CN2CC3C(=O)N(CC(=O)NC4CCCCC4)NC3c3cc(F)ccc32)c1. The van der Waals surface area contributed by atoms with Gasteiger partial charge in [-0.1, -0.05) is 49.1 Å². The van der Waals surface area contributed by atoms with Gasteiger partial charge in [-0.15, -0.1) is 0 Å². The summed E-state index contributed by atoms with van der Waals surface area (Å²) in [6.45, 7) is 3.19. The first kappa shape index (κ1) is 21.9. The number of carbonyl (C=O) groups excluding carboxylic acids is 2. The van der Waals surface area contributed by atoms with Gasteiger partial charge in [-0.25, -0.2) is 9.82 Å². The van der Waals surface area contributed by atoms with E-state index >= 15 is 0 Å². The lowest BCUT2D eigenvalue weighted by molar-refractivity contribution is -0.137. The molecule has 33 heavy (non-hydrogen) atoms. The van der Waals surface area contributed by atoms with Crippen LogP contribution in [-0.4, -0.2) is 36.0 Å². The van der Waals surface area contributed by atoms with Crippen LogP contribution in [0, 0.1) is 18.7 Å². The van der Waals surface area contributed by atoms with Gasteiger partial charge in [0.2, 0.25) is 11.8 Å². The summed E-state index contributed by atoms with van der Waals surface area (Å²) in [5.41, 5.74) is 7.23. The van der Waals surface area contributed by atoms with Gasteiger partial charge in [0.05, 0.1) is 12.0 Å². The van der Waals surface area contributed by atoms with Crippen molar-refractivity contribution in [2.75, 3.05) is 18.0 Å². The summed E-state index contributed by atoms with van der Waals surface area (Å²) in [6, 6.07) is 12.9. The number of aryl methyl sites for hydroxylation is 1. The molecule has 0 spiro atoms. The number of halogens is 1. The second kappa shape index (κ2) is 9.14. The average molecular weight is 451 g/mol. The Morgan fingerprint density at radius 1 is 1.15 bits per heavy atom.